The Morgan fingerprint density at radius 1 is 0.900 bits per heavy atom. The number of carbonyl (C=O) groups excluding carboxylic acids is 3. The Hall–Kier alpha value is -3.71. The highest BCUT2D eigenvalue weighted by Gasteiger charge is 2.31. The minimum Gasteiger partial charge on any atom is -0.480 e. The molecule has 0 bridgehead atoms. The van der Waals surface area contributed by atoms with Gasteiger partial charge >= 0.3 is 5.97 Å². The molecule has 0 spiro atoms. The van der Waals surface area contributed by atoms with E-state index in [2.05, 4.69) is 20.9 Å². The molecule has 0 aliphatic rings. The van der Waals surface area contributed by atoms with Crippen molar-refractivity contribution in [3.8, 4) is 0 Å². The molecule has 0 aliphatic carbocycles. The summed E-state index contributed by atoms with van der Waals surface area (Å²) in [4.78, 5) is 55.1. The van der Waals surface area contributed by atoms with Crippen LogP contribution in [0, 0.1) is 5.92 Å². The number of carbonyl (C=O) groups is 4. The van der Waals surface area contributed by atoms with Crippen molar-refractivity contribution >= 4 is 29.7 Å². The second kappa shape index (κ2) is 18.6. The van der Waals surface area contributed by atoms with Crippen LogP contribution in [-0.2, 0) is 25.6 Å². The first-order valence-corrected chi connectivity index (χ1v) is 13.7. The number of nitrogens with zero attached hydrogens (tertiary/aromatic N) is 1. The molecule has 13 nitrogen and oxygen atoms in total. The van der Waals surface area contributed by atoms with Crippen LogP contribution in [0.5, 0.6) is 0 Å². The molecule has 0 saturated carbocycles. The number of hydrogen-bond donors (Lipinski definition) is 8. The van der Waals surface area contributed by atoms with Crippen molar-refractivity contribution in [1.29, 1.82) is 0 Å². The molecule has 0 saturated heterocycles. The van der Waals surface area contributed by atoms with Crippen LogP contribution in [0.4, 0.5) is 0 Å². The quantitative estimate of drug-likeness (QED) is 0.0604. The summed E-state index contributed by atoms with van der Waals surface area (Å²) in [6.45, 7) is 4.18. The fraction of sp³-hybridized carbons (Fsp3) is 0.593. The third-order valence-corrected chi connectivity index (χ3v) is 6.57. The number of guanidine groups is 1. The molecule has 224 valence electrons. The number of amides is 3. The van der Waals surface area contributed by atoms with Gasteiger partial charge in [0.05, 0.1) is 6.04 Å². The summed E-state index contributed by atoms with van der Waals surface area (Å²) in [5, 5.41) is 17.5. The van der Waals surface area contributed by atoms with E-state index in [0.29, 0.717) is 32.2 Å². The molecule has 0 aliphatic heterocycles. The van der Waals surface area contributed by atoms with Gasteiger partial charge in [-0.2, -0.15) is 0 Å². The molecule has 1 rings (SSSR count). The number of nitrogens with one attached hydrogen (secondary N) is 3. The van der Waals surface area contributed by atoms with E-state index < -0.39 is 47.9 Å². The SMILES string of the molecule is CCC(C)C(NC(=O)C(CCCCN)NC(=O)C(CCCN=C(N)N)NC(=O)C(N)Cc1ccccc1)C(=O)O. The number of hydrogen-bond acceptors (Lipinski definition) is 7. The maximum atomic E-state index is 13.4. The van der Waals surface area contributed by atoms with Crippen molar-refractivity contribution in [2.24, 2.45) is 33.8 Å². The maximum Gasteiger partial charge on any atom is 0.326 e. The van der Waals surface area contributed by atoms with Gasteiger partial charge in [-0.3, -0.25) is 19.4 Å². The summed E-state index contributed by atoms with van der Waals surface area (Å²) >= 11 is 0. The number of aliphatic imine (C=N–C) groups is 1. The zero-order chi connectivity index (χ0) is 30.1. The van der Waals surface area contributed by atoms with E-state index in [-0.39, 0.29) is 37.7 Å². The average Bonchev–Trinajstić information content (AvgIpc) is 2.92. The number of unbranched alkanes of at least 4 members (excludes halogenated alkanes) is 1. The lowest BCUT2D eigenvalue weighted by Gasteiger charge is -2.26. The first-order chi connectivity index (χ1) is 19.0. The second-order valence-corrected chi connectivity index (χ2v) is 9.86. The van der Waals surface area contributed by atoms with Crippen LogP contribution in [0.15, 0.2) is 35.3 Å². The minimum atomic E-state index is -1.16. The van der Waals surface area contributed by atoms with Crippen LogP contribution in [0.25, 0.3) is 0 Å². The van der Waals surface area contributed by atoms with Gasteiger partial charge in [0.2, 0.25) is 17.7 Å². The monoisotopic (exact) mass is 562 g/mol. The summed E-state index contributed by atoms with van der Waals surface area (Å²) in [5.41, 5.74) is 23.3. The van der Waals surface area contributed by atoms with E-state index in [1.807, 2.05) is 37.3 Å². The van der Waals surface area contributed by atoms with Crippen molar-refractivity contribution in [2.75, 3.05) is 13.1 Å². The standard InChI is InChI=1S/C27H46N8O5/c1-3-17(2)22(26(39)40)35-25(38)20(12-7-8-14-28)34-24(37)21(13-9-15-32-27(30)31)33-23(36)19(29)16-18-10-5-4-6-11-18/h4-6,10-11,17,19-22H,3,7-9,12-16,28-29H2,1-2H3,(H,33,36)(H,34,37)(H,35,38)(H,39,40)(H4,30,31,32). The van der Waals surface area contributed by atoms with E-state index in [1.54, 1.807) is 6.92 Å². The first kappa shape index (κ1) is 34.3. The highest BCUT2D eigenvalue weighted by molar-refractivity contribution is 5.94. The van der Waals surface area contributed by atoms with Crippen LogP contribution in [-0.4, -0.2) is 72.0 Å². The molecule has 0 heterocycles. The maximum absolute atomic E-state index is 13.4. The summed E-state index contributed by atoms with van der Waals surface area (Å²) in [6.07, 6.45) is 2.72. The summed E-state index contributed by atoms with van der Waals surface area (Å²) in [7, 11) is 0. The van der Waals surface area contributed by atoms with Crippen molar-refractivity contribution in [3.63, 3.8) is 0 Å². The van der Waals surface area contributed by atoms with Crippen LogP contribution in [0.1, 0.15) is 57.9 Å². The molecule has 0 fully saturated rings. The predicted octanol–water partition coefficient (Wildman–Crippen LogP) is -0.676. The largest absolute Gasteiger partial charge is 0.480 e. The van der Waals surface area contributed by atoms with E-state index in [4.69, 9.17) is 22.9 Å². The lowest BCUT2D eigenvalue weighted by Crippen LogP contribution is -2.57. The van der Waals surface area contributed by atoms with Gasteiger partial charge in [-0.25, -0.2) is 4.79 Å². The van der Waals surface area contributed by atoms with Gasteiger partial charge in [-0.15, -0.1) is 0 Å². The summed E-state index contributed by atoms with van der Waals surface area (Å²) in [6, 6.07) is 5.15. The molecule has 40 heavy (non-hydrogen) atoms. The molecule has 3 amide bonds. The molecule has 1 aromatic rings. The first-order valence-electron chi connectivity index (χ1n) is 13.7. The number of benzene rings is 1. The Bertz CT molecular complexity index is 971. The third kappa shape index (κ3) is 12.9. The topological polar surface area (TPSA) is 241 Å². The Balaban J connectivity index is 3.05. The van der Waals surface area contributed by atoms with Crippen molar-refractivity contribution in [3.05, 3.63) is 35.9 Å². The van der Waals surface area contributed by atoms with E-state index in [0.717, 1.165) is 5.56 Å². The third-order valence-electron chi connectivity index (χ3n) is 6.57. The molecule has 0 radical (unpaired) electrons. The number of rotatable bonds is 19. The molecule has 1 aromatic carbocycles. The van der Waals surface area contributed by atoms with Crippen molar-refractivity contribution < 1.29 is 24.3 Å². The van der Waals surface area contributed by atoms with Gasteiger partial charge in [0, 0.05) is 6.54 Å². The fourth-order valence-electron chi connectivity index (χ4n) is 3.98. The lowest BCUT2D eigenvalue weighted by atomic mass is 9.98. The van der Waals surface area contributed by atoms with E-state index in [9.17, 15) is 24.3 Å². The van der Waals surface area contributed by atoms with Crippen LogP contribution in [0.2, 0.25) is 0 Å². The normalized spacial score (nSPS) is 14.6. The van der Waals surface area contributed by atoms with Gasteiger partial charge in [-0.1, -0.05) is 50.6 Å². The fourth-order valence-corrected chi connectivity index (χ4v) is 3.98. The highest BCUT2D eigenvalue weighted by Crippen LogP contribution is 2.11. The van der Waals surface area contributed by atoms with Gasteiger partial charge in [0.25, 0.3) is 0 Å². The van der Waals surface area contributed by atoms with Crippen LogP contribution < -0.4 is 38.9 Å². The molecule has 5 unspecified atom stereocenters. The van der Waals surface area contributed by atoms with E-state index in [1.165, 1.54) is 0 Å². The summed E-state index contributed by atoms with van der Waals surface area (Å²) in [5.74, 6) is -3.33. The average molecular weight is 563 g/mol. The van der Waals surface area contributed by atoms with Gasteiger partial charge in [0.1, 0.15) is 18.1 Å². The molecule has 12 N–H and O–H groups in total. The van der Waals surface area contributed by atoms with Gasteiger partial charge in [-0.05, 0) is 56.6 Å². The molecular formula is C27H46N8O5. The van der Waals surface area contributed by atoms with Gasteiger partial charge < -0.3 is 44.0 Å². The number of carboxylic acid groups (broad SMARTS) is 1. The van der Waals surface area contributed by atoms with E-state index >= 15 is 0 Å². The molecule has 5 atom stereocenters. The lowest BCUT2D eigenvalue weighted by molar-refractivity contribution is -0.144. The second-order valence-electron chi connectivity index (χ2n) is 9.86. The molecule has 13 heteroatoms. The predicted molar refractivity (Wildman–Crippen MR) is 154 cm³/mol. The zero-order valence-electron chi connectivity index (χ0n) is 23.5. The number of aliphatic carboxylic acids is 1. The van der Waals surface area contributed by atoms with Crippen molar-refractivity contribution in [2.45, 2.75) is 83.0 Å². The Kier molecular flexibility index (Phi) is 15.9. The Labute approximate surface area is 235 Å². The number of nitrogens with two attached hydrogens (primary N) is 4. The molecular weight excluding hydrogens is 516 g/mol. The Morgan fingerprint density at radius 2 is 1.48 bits per heavy atom. The van der Waals surface area contributed by atoms with Crippen LogP contribution in [0.3, 0.4) is 0 Å². The smallest absolute Gasteiger partial charge is 0.326 e. The molecule has 0 aromatic heterocycles. The Morgan fingerprint density at radius 3 is 2.02 bits per heavy atom. The minimum absolute atomic E-state index is 0.0964. The van der Waals surface area contributed by atoms with Gasteiger partial charge in [0.15, 0.2) is 5.96 Å². The number of carboxylic acids is 1. The van der Waals surface area contributed by atoms with Crippen molar-refractivity contribution in [1.82, 2.24) is 16.0 Å². The summed E-state index contributed by atoms with van der Waals surface area (Å²) < 4.78 is 0. The zero-order valence-corrected chi connectivity index (χ0v) is 23.5. The van der Waals surface area contributed by atoms with Crippen LogP contribution >= 0.6 is 0 Å². The highest BCUT2D eigenvalue weighted by atomic mass is 16.4.